The van der Waals surface area contributed by atoms with E-state index in [1.54, 1.807) is 24.3 Å². The number of aliphatic hydroxyl groups is 2. The van der Waals surface area contributed by atoms with Crippen molar-refractivity contribution in [1.29, 1.82) is 0 Å². The molecule has 6 N–H and O–H groups in total. The normalized spacial score (nSPS) is 25.1. The van der Waals surface area contributed by atoms with E-state index in [4.69, 9.17) is 34.0 Å². The van der Waals surface area contributed by atoms with Gasteiger partial charge in [0.2, 0.25) is 5.91 Å². The van der Waals surface area contributed by atoms with Gasteiger partial charge in [-0.2, -0.15) is 0 Å². The number of carbonyl (C=O) groups excluding carboxylic acids is 1. The smallest absolute Gasteiger partial charge is 0.237 e. The van der Waals surface area contributed by atoms with E-state index in [2.05, 4.69) is 10.6 Å². The number of benzene rings is 2. The van der Waals surface area contributed by atoms with Crippen molar-refractivity contribution in [3.05, 3.63) is 69.2 Å². The number of nitrogens with one attached hydrogen (secondary N) is 2. The first-order chi connectivity index (χ1) is 16.8. The Morgan fingerprint density at radius 2 is 1.92 bits per heavy atom. The van der Waals surface area contributed by atoms with Crippen LogP contribution in [0.5, 0.6) is 0 Å². The van der Waals surface area contributed by atoms with Crippen LogP contribution in [0.15, 0.2) is 36.4 Å². The number of nitrogens with two attached hydrogens (primary N) is 1. The fourth-order valence-corrected chi connectivity index (χ4v) is 5.30. The van der Waals surface area contributed by atoms with Gasteiger partial charge in [0, 0.05) is 29.1 Å². The van der Waals surface area contributed by atoms with Gasteiger partial charge in [-0.3, -0.25) is 4.79 Å². The van der Waals surface area contributed by atoms with Crippen LogP contribution in [-0.4, -0.2) is 47.5 Å². The van der Waals surface area contributed by atoms with Crippen LogP contribution in [0.1, 0.15) is 50.7 Å². The molecule has 10 heteroatoms. The van der Waals surface area contributed by atoms with Crippen molar-refractivity contribution < 1.29 is 23.8 Å². The molecular weight excluding hydrogens is 511 g/mol. The number of aliphatic hydroxyl groups excluding tert-OH is 2. The maximum atomic E-state index is 15.4. The van der Waals surface area contributed by atoms with Gasteiger partial charge < -0.3 is 26.6 Å². The Morgan fingerprint density at radius 3 is 2.53 bits per heavy atom. The molecule has 2 aromatic carbocycles. The Morgan fingerprint density at radius 1 is 1.22 bits per heavy atom. The number of halogens is 4. The summed E-state index contributed by atoms with van der Waals surface area (Å²) in [5.41, 5.74) is 5.75. The van der Waals surface area contributed by atoms with Gasteiger partial charge in [-0.05, 0) is 48.1 Å². The number of hydrogen-bond donors (Lipinski definition) is 5. The van der Waals surface area contributed by atoms with Gasteiger partial charge in [-0.15, -0.1) is 0 Å². The van der Waals surface area contributed by atoms with Crippen molar-refractivity contribution >= 4 is 29.1 Å². The summed E-state index contributed by atoms with van der Waals surface area (Å²) in [7, 11) is 0. The SMILES string of the molecule is CC(C)(C)C[C@@H]1N[C@@H](C(=O)NCC[C@H](O)CO)[C@H](c2cccc(Cl)c2)[C@@]1(N)c1cc(F)c(Cl)cc1F. The molecule has 1 saturated heterocycles. The number of amides is 1. The standard InChI is InChI=1S/C26H33Cl2F2N3O3/c1-25(2,3)12-21-26(31,17-10-20(30)18(28)11-19(17)29)22(14-5-4-6-15(27)9-14)23(33-21)24(36)32-8-7-16(35)13-34/h4-6,9-11,16,21-23,33-35H,7-8,12-13,31H2,1-3H3,(H,32,36)/t16-,21-,22-,23+,26+/m0/s1. The Bertz CT molecular complexity index is 1100. The van der Waals surface area contributed by atoms with E-state index in [-0.39, 0.29) is 29.0 Å². The van der Waals surface area contributed by atoms with Crippen LogP contribution in [0.25, 0.3) is 0 Å². The van der Waals surface area contributed by atoms with Crippen molar-refractivity contribution in [3.63, 3.8) is 0 Å². The highest BCUT2D eigenvalue weighted by atomic mass is 35.5. The fraction of sp³-hybridized carbons (Fsp3) is 0.500. The minimum absolute atomic E-state index is 0.0953. The van der Waals surface area contributed by atoms with E-state index in [9.17, 15) is 14.3 Å². The van der Waals surface area contributed by atoms with Gasteiger partial charge in [0.15, 0.2) is 0 Å². The topological polar surface area (TPSA) is 108 Å². The van der Waals surface area contributed by atoms with Crippen LogP contribution >= 0.6 is 23.2 Å². The fourth-order valence-electron chi connectivity index (χ4n) is 4.95. The van der Waals surface area contributed by atoms with Crippen molar-refractivity contribution in [3.8, 4) is 0 Å². The lowest BCUT2D eigenvalue weighted by atomic mass is 9.68. The summed E-state index contributed by atoms with van der Waals surface area (Å²) in [5.74, 6) is -2.85. The average molecular weight is 544 g/mol. The highest BCUT2D eigenvalue weighted by Crippen LogP contribution is 2.49. The summed E-state index contributed by atoms with van der Waals surface area (Å²) in [6.07, 6.45) is -0.386. The number of carbonyl (C=O) groups is 1. The summed E-state index contributed by atoms with van der Waals surface area (Å²) in [6.45, 7) is 5.65. The zero-order valence-electron chi connectivity index (χ0n) is 20.5. The minimum Gasteiger partial charge on any atom is -0.394 e. The van der Waals surface area contributed by atoms with Crippen molar-refractivity contribution in [2.75, 3.05) is 13.2 Å². The molecule has 0 aromatic heterocycles. The van der Waals surface area contributed by atoms with E-state index in [0.29, 0.717) is 17.0 Å². The highest BCUT2D eigenvalue weighted by molar-refractivity contribution is 6.31. The predicted octanol–water partition coefficient (Wildman–Crippen LogP) is 3.85. The van der Waals surface area contributed by atoms with Crippen LogP contribution in [0.3, 0.4) is 0 Å². The molecule has 36 heavy (non-hydrogen) atoms. The molecule has 0 aliphatic carbocycles. The van der Waals surface area contributed by atoms with E-state index in [1.165, 1.54) is 0 Å². The summed E-state index contributed by atoms with van der Waals surface area (Å²) >= 11 is 12.1. The second-order valence-corrected chi connectivity index (χ2v) is 11.4. The van der Waals surface area contributed by atoms with Crippen LogP contribution in [-0.2, 0) is 10.3 Å². The summed E-state index contributed by atoms with van der Waals surface area (Å²) in [5, 5.41) is 24.8. The van der Waals surface area contributed by atoms with E-state index >= 15 is 4.39 Å². The predicted molar refractivity (Wildman–Crippen MR) is 137 cm³/mol. The second-order valence-electron chi connectivity index (χ2n) is 10.6. The maximum absolute atomic E-state index is 15.4. The van der Waals surface area contributed by atoms with Crippen LogP contribution in [0.4, 0.5) is 8.78 Å². The Kier molecular flexibility index (Phi) is 9.02. The second kappa shape index (κ2) is 11.3. The lowest BCUT2D eigenvalue weighted by Crippen LogP contribution is -2.52. The third-order valence-corrected chi connectivity index (χ3v) is 7.10. The molecule has 5 atom stereocenters. The van der Waals surface area contributed by atoms with Gasteiger partial charge in [-0.25, -0.2) is 8.78 Å². The molecule has 3 rings (SSSR count). The van der Waals surface area contributed by atoms with E-state index in [0.717, 1.165) is 12.1 Å². The van der Waals surface area contributed by atoms with Crippen LogP contribution in [0.2, 0.25) is 10.0 Å². The van der Waals surface area contributed by atoms with Crippen LogP contribution in [0, 0.1) is 17.0 Å². The number of hydrogen-bond acceptors (Lipinski definition) is 5. The van der Waals surface area contributed by atoms with Crippen molar-refractivity contribution in [2.24, 2.45) is 11.1 Å². The first-order valence-electron chi connectivity index (χ1n) is 11.8. The summed E-state index contributed by atoms with van der Waals surface area (Å²) in [4.78, 5) is 13.4. The molecule has 1 heterocycles. The average Bonchev–Trinajstić information content (AvgIpc) is 3.07. The lowest BCUT2D eigenvalue weighted by Gasteiger charge is -2.40. The Balaban J connectivity index is 2.16. The van der Waals surface area contributed by atoms with E-state index in [1.807, 2.05) is 20.8 Å². The van der Waals surface area contributed by atoms with Crippen molar-refractivity contribution in [1.82, 2.24) is 10.6 Å². The van der Waals surface area contributed by atoms with Gasteiger partial charge in [0.25, 0.3) is 0 Å². The van der Waals surface area contributed by atoms with Crippen molar-refractivity contribution in [2.45, 2.75) is 63.3 Å². The Labute approximate surface area is 220 Å². The van der Waals surface area contributed by atoms with Gasteiger partial charge in [0.05, 0.1) is 29.3 Å². The van der Waals surface area contributed by atoms with Gasteiger partial charge in [-0.1, -0.05) is 56.1 Å². The molecule has 1 amide bonds. The molecule has 0 unspecified atom stereocenters. The maximum Gasteiger partial charge on any atom is 0.237 e. The zero-order valence-corrected chi connectivity index (χ0v) is 22.0. The molecule has 1 aliphatic heterocycles. The summed E-state index contributed by atoms with van der Waals surface area (Å²) in [6, 6.07) is 7.14. The first-order valence-corrected chi connectivity index (χ1v) is 12.6. The molecule has 0 saturated carbocycles. The third kappa shape index (κ3) is 6.18. The molecule has 0 bridgehead atoms. The quantitative estimate of drug-likeness (QED) is 0.325. The Hall–Kier alpha value is -1.81. The van der Waals surface area contributed by atoms with E-state index < -0.39 is 53.8 Å². The zero-order chi connectivity index (χ0) is 26.8. The molecule has 0 spiro atoms. The summed E-state index contributed by atoms with van der Waals surface area (Å²) < 4.78 is 30.1. The first kappa shape index (κ1) is 28.8. The minimum atomic E-state index is -1.56. The number of rotatable bonds is 8. The lowest BCUT2D eigenvalue weighted by molar-refractivity contribution is -0.123. The third-order valence-electron chi connectivity index (χ3n) is 6.58. The molecule has 1 aliphatic rings. The van der Waals surface area contributed by atoms with Crippen LogP contribution < -0.4 is 16.4 Å². The molecule has 1 fully saturated rings. The van der Waals surface area contributed by atoms with Gasteiger partial charge >= 0.3 is 0 Å². The largest absolute Gasteiger partial charge is 0.394 e. The highest BCUT2D eigenvalue weighted by Gasteiger charge is 2.57. The molecule has 0 radical (unpaired) electrons. The van der Waals surface area contributed by atoms with Gasteiger partial charge in [0.1, 0.15) is 11.6 Å². The monoisotopic (exact) mass is 543 g/mol. The molecule has 198 valence electrons. The molecule has 6 nitrogen and oxygen atoms in total. The molecular formula is C26H33Cl2F2N3O3. The molecule has 2 aromatic rings.